The van der Waals surface area contributed by atoms with Crippen molar-refractivity contribution in [3.05, 3.63) is 99.4 Å². The summed E-state index contributed by atoms with van der Waals surface area (Å²) in [5, 5.41) is 16.6. The third-order valence-electron chi connectivity index (χ3n) is 5.94. The molecule has 4 rings (SSSR count). The summed E-state index contributed by atoms with van der Waals surface area (Å²) in [6, 6.07) is 17.4. The van der Waals surface area contributed by atoms with Gasteiger partial charge in [0.1, 0.15) is 0 Å². The molecule has 3 aromatic carbocycles. The molecule has 1 fully saturated rings. The summed E-state index contributed by atoms with van der Waals surface area (Å²) in [5.41, 5.74) is 2.00. The fourth-order valence-electron chi connectivity index (χ4n) is 3.95. The first-order valence-electron chi connectivity index (χ1n) is 11.2. The first-order chi connectivity index (χ1) is 17.2. The molecule has 36 heavy (non-hydrogen) atoms. The molecule has 1 aliphatic rings. The standard InChI is InChI=1S/C26H23FN4O5/c1-16-6-8-17(9-7-16)14-28-26(34)20-4-2-3-5-22(20)29-25(33)18-12-24(32)30(15-18)19-10-11-21(27)23(13-19)31(35)36/h2-11,13,18H,12,14-15H2,1H3,(H,28,34)(H,29,33). The van der Waals surface area contributed by atoms with Crippen LogP contribution in [0.1, 0.15) is 27.9 Å². The molecular formula is C26H23FN4O5. The van der Waals surface area contributed by atoms with Crippen LogP contribution in [0.5, 0.6) is 0 Å². The van der Waals surface area contributed by atoms with Crippen molar-refractivity contribution in [1.29, 1.82) is 0 Å². The number of carbonyl (C=O) groups is 3. The van der Waals surface area contributed by atoms with Gasteiger partial charge in [-0.3, -0.25) is 24.5 Å². The fraction of sp³-hybridized carbons (Fsp3) is 0.192. The number of hydrogen-bond acceptors (Lipinski definition) is 5. The number of aryl methyl sites for hydroxylation is 1. The molecule has 1 aliphatic heterocycles. The summed E-state index contributed by atoms with van der Waals surface area (Å²) in [6.45, 7) is 2.26. The Morgan fingerprint density at radius 2 is 1.83 bits per heavy atom. The molecule has 0 radical (unpaired) electrons. The van der Waals surface area contributed by atoms with Gasteiger partial charge >= 0.3 is 5.69 Å². The van der Waals surface area contributed by atoms with Gasteiger partial charge in [0.15, 0.2) is 0 Å². The monoisotopic (exact) mass is 490 g/mol. The highest BCUT2D eigenvalue weighted by Gasteiger charge is 2.36. The molecule has 10 heteroatoms. The normalized spacial score (nSPS) is 15.0. The number of benzene rings is 3. The van der Waals surface area contributed by atoms with E-state index in [1.807, 2.05) is 31.2 Å². The van der Waals surface area contributed by atoms with Crippen LogP contribution in [0.4, 0.5) is 21.5 Å². The van der Waals surface area contributed by atoms with Gasteiger partial charge in [0.2, 0.25) is 17.6 Å². The van der Waals surface area contributed by atoms with Gasteiger partial charge in [0.05, 0.1) is 27.8 Å². The Bertz CT molecular complexity index is 1340. The molecule has 2 N–H and O–H groups in total. The van der Waals surface area contributed by atoms with Crippen LogP contribution in [0, 0.1) is 28.8 Å². The predicted molar refractivity (Wildman–Crippen MR) is 131 cm³/mol. The van der Waals surface area contributed by atoms with Crippen LogP contribution in [0.25, 0.3) is 0 Å². The van der Waals surface area contributed by atoms with E-state index in [0.717, 1.165) is 23.3 Å². The van der Waals surface area contributed by atoms with E-state index in [4.69, 9.17) is 0 Å². The highest BCUT2D eigenvalue weighted by atomic mass is 19.1. The molecule has 1 unspecified atom stereocenters. The van der Waals surface area contributed by atoms with Crippen LogP contribution in [-0.4, -0.2) is 29.2 Å². The molecule has 3 amide bonds. The Labute approximate surface area is 206 Å². The zero-order valence-electron chi connectivity index (χ0n) is 19.4. The number of carbonyl (C=O) groups excluding carboxylic acids is 3. The highest BCUT2D eigenvalue weighted by molar-refractivity contribution is 6.07. The van der Waals surface area contributed by atoms with Crippen molar-refractivity contribution in [3.63, 3.8) is 0 Å². The fourth-order valence-corrected chi connectivity index (χ4v) is 3.95. The van der Waals surface area contributed by atoms with Crippen molar-refractivity contribution in [3.8, 4) is 0 Å². The van der Waals surface area contributed by atoms with Gasteiger partial charge in [0.25, 0.3) is 5.91 Å². The molecular weight excluding hydrogens is 467 g/mol. The maximum atomic E-state index is 13.7. The first kappa shape index (κ1) is 24.5. The van der Waals surface area contributed by atoms with Crippen molar-refractivity contribution in [2.24, 2.45) is 5.92 Å². The highest BCUT2D eigenvalue weighted by Crippen LogP contribution is 2.30. The number of nitrogens with one attached hydrogen (secondary N) is 2. The maximum Gasteiger partial charge on any atom is 0.306 e. The zero-order valence-corrected chi connectivity index (χ0v) is 19.4. The SMILES string of the molecule is Cc1ccc(CNC(=O)c2ccccc2NC(=O)C2CC(=O)N(c3ccc(F)c([N+](=O)[O-])c3)C2)cc1. The molecule has 0 bridgehead atoms. The van der Waals surface area contributed by atoms with Crippen LogP contribution in [0.2, 0.25) is 0 Å². The van der Waals surface area contributed by atoms with Gasteiger partial charge < -0.3 is 15.5 Å². The van der Waals surface area contributed by atoms with Crippen LogP contribution in [0.15, 0.2) is 66.7 Å². The average Bonchev–Trinajstić information content (AvgIpc) is 3.25. The van der Waals surface area contributed by atoms with Crippen molar-refractivity contribution < 1.29 is 23.7 Å². The molecule has 0 aromatic heterocycles. The predicted octanol–water partition coefficient (Wildman–Crippen LogP) is 3.96. The number of nitrogens with zero attached hydrogens (tertiary/aromatic N) is 2. The number of nitro groups is 1. The van der Waals surface area contributed by atoms with Crippen LogP contribution >= 0.6 is 0 Å². The van der Waals surface area contributed by atoms with E-state index in [1.54, 1.807) is 24.3 Å². The van der Waals surface area contributed by atoms with Gasteiger partial charge in [0, 0.05) is 25.6 Å². The summed E-state index contributed by atoms with van der Waals surface area (Å²) in [4.78, 5) is 49.7. The zero-order chi connectivity index (χ0) is 25.8. The number of amides is 3. The minimum atomic E-state index is -1.01. The van der Waals surface area contributed by atoms with Crippen molar-refractivity contribution in [2.45, 2.75) is 19.9 Å². The molecule has 3 aromatic rings. The molecule has 1 heterocycles. The van der Waals surface area contributed by atoms with E-state index in [2.05, 4.69) is 10.6 Å². The summed E-state index contributed by atoms with van der Waals surface area (Å²) >= 11 is 0. The Kier molecular flexibility index (Phi) is 7.05. The van der Waals surface area contributed by atoms with Gasteiger partial charge in [-0.2, -0.15) is 4.39 Å². The number of hydrogen-bond donors (Lipinski definition) is 2. The van der Waals surface area contributed by atoms with Crippen molar-refractivity contribution in [2.75, 3.05) is 16.8 Å². The third-order valence-corrected chi connectivity index (χ3v) is 5.94. The third kappa shape index (κ3) is 5.38. The molecule has 9 nitrogen and oxygen atoms in total. The molecule has 0 saturated carbocycles. The van der Waals surface area contributed by atoms with E-state index in [-0.39, 0.29) is 30.1 Å². The van der Waals surface area contributed by atoms with Crippen LogP contribution in [0.3, 0.4) is 0 Å². The average molecular weight is 490 g/mol. The number of anilines is 2. The summed E-state index contributed by atoms with van der Waals surface area (Å²) in [7, 11) is 0. The van der Waals surface area contributed by atoms with E-state index in [9.17, 15) is 28.9 Å². The van der Waals surface area contributed by atoms with Gasteiger partial charge in [-0.15, -0.1) is 0 Å². The Hall–Kier alpha value is -4.60. The molecule has 1 atom stereocenters. The van der Waals surface area contributed by atoms with Crippen molar-refractivity contribution >= 4 is 34.8 Å². The van der Waals surface area contributed by atoms with Crippen LogP contribution < -0.4 is 15.5 Å². The van der Waals surface area contributed by atoms with Gasteiger partial charge in [-0.1, -0.05) is 42.0 Å². The van der Waals surface area contributed by atoms with E-state index < -0.39 is 34.2 Å². The quantitative estimate of drug-likeness (QED) is 0.384. The minimum Gasteiger partial charge on any atom is -0.348 e. The lowest BCUT2D eigenvalue weighted by atomic mass is 10.1. The van der Waals surface area contributed by atoms with Crippen molar-refractivity contribution in [1.82, 2.24) is 5.32 Å². The summed E-state index contributed by atoms with van der Waals surface area (Å²) < 4.78 is 13.7. The second-order valence-electron chi connectivity index (χ2n) is 8.50. The maximum absolute atomic E-state index is 13.7. The lowest BCUT2D eigenvalue weighted by molar-refractivity contribution is -0.387. The van der Waals surface area contributed by atoms with E-state index in [1.165, 1.54) is 11.0 Å². The molecule has 0 spiro atoms. The Morgan fingerprint density at radius 3 is 2.56 bits per heavy atom. The lowest BCUT2D eigenvalue weighted by Gasteiger charge is -2.17. The molecule has 184 valence electrons. The topological polar surface area (TPSA) is 122 Å². The largest absolute Gasteiger partial charge is 0.348 e. The second-order valence-corrected chi connectivity index (χ2v) is 8.50. The van der Waals surface area contributed by atoms with Gasteiger partial charge in [-0.05, 0) is 36.8 Å². The van der Waals surface area contributed by atoms with E-state index in [0.29, 0.717) is 12.2 Å². The summed E-state index contributed by atoms with van der Waals surface area (Å²) in [5.74, 6) is -3.03. The Balaban J connectivity index is 1.43. The lowest BCUT2D eigenvalue weighted by Crippen LogP contribution is -2.29. The number of rotatable bonds is 7. The second kappa shape index (κ2) is 10.3. The summed E-state index contributed by atoms with van der Waals surface area (Å²) in [6.07, 6.45) is -0.126. The molecule has 0 aliphatic carbocycles. The Morgan fingerprint density at radius 1 is 1.11 bits per heavy atom. The first-order valence-corrected chi connectivity index (χ1v) is 11.2. The number of para-hydroxylation sites is 1. The number of nitro benzene ring substituents is 1. The molecule has 1 saturated heterocycles. The van der Waals surface area contributed by atoms with E-state index >= 15 is 0 Å². The minimum absolute atomic E-state index is 0.0325. The van der Waals surface area contributed by atoms with Gasteiger partial charge in [-0.25, -0.2) is 0 Å². The smallest absolute Gasteiger partial charge is 0.306 e. The number of halogens is 1. The van der Waals surface area contributed by atoms with Crippen LogP contribution in [-0.2, 0) is 16.1 Å².